The molecule has 0 aromatic rings. The third kappa shape index (κ3) is 1.85. The molecule has 2 rings (SSSR count). The van der Waals surface area contributed by atoms with Crippen molar-refractivity contribution < 1.29 is 9.53 Å². The first-order chi connectivity index (χ1) is 6.33. The van der Waals surface area contributed by atoms with Crippen LogP contribution in [0.15, 0.2) is 0 Å². The van der Waals surface area contributed by atoms with Crippen LogP contribution in [0, 0.1) is 11.8 Å². The summed E-state index contributed by atoms with van der Waals surface area (Å²) >= 11 is 0. The molecule has 2 atom stereocenters. The van der Waals surface area contributed by atoms with Crippen LogP contribution in [0.4, 0.5) is 0 Å². The Morgan fingerprint density at radius 2 is 2.23 bits per heavy atom. The van der Waals surface area contributed by atoms with Crippen LogP contribution in [0.3, 0.4) is 0 Å². The van der Waals surface area contributed by atoms with Gasteiger partial charge in [0.15, 0.2) is 0 Å². The van der Waals surface area contributed by atoms with E-state index in [1.807, 2.05) is 6.92 Å². The Morgan fingerprint density at radius 3 is 2.85 bits per heavy atom. The first-order valence-electron chi connectivity index (χ1n) is 5.23. The Labute approximate surface area is 78.8 Å². The molecule has 1 aliphatic carbocycles. The summed E-state index contributed by atoms with van der Waals surface area (Å²) in [5, 5.41) is 3.41. The molecule has 0 amide bonds. The minimum Gasteiger partial charge on any atom is -0.466 e. The van der Waals surface area contributed by atoms with Crippen LogP contribution in [-0.4, -0.2) is 25.2 Å². The minimum absolute atomic E-state index is 0.00407. The molecule has 2 fully saturated rings. The first-order valence-corrected chi connectivity index (χ1v) is 5.23. The summed E-state index contributed by atoms with van der Waals surface area (Å²) in [6.45, 7) is 3.35. The molecular formula is C10H17NO2. The van der Waals surface area contributed by atoms with E-state index < -0.39 is 0 Å². The summed E-state index contributed by atoms with van der Waals surface area (Å²) < 4.78 is 5.06. The monoisotopic (exact) mass is 183 g/mol. The average Bonchev–Trinajstić information content (AvgIpc) is 2.84. The molecule has 1 saturated heterocycles. The number of ether oxygens (including phenoxy) is 1. The van der Waals surface area contributed by atoms with Crippen molar-refractivity contribution in [2.45, 2.75) is 32.2 Å². The third-order valence-electron chi connectivity index (χ3n) is 2.99. The van der Waals surface area contributed by atoms with Gasteiger partial charge < -0.3 is 10.1 Å². The molecule has 1 aliphatic heterocycles. The van der Waals surface area contributed by atoms with Gasteiger partial charge in [-0.25, -0.2) is 0 Å². The van der Waals surface area contributed by atoms with E-state index in [1.54, 1.807) is 0 Å². The van der Waals surface area contributed by atoms with Crippen molar-refractivity contribution in [3.63, 3.8) is 0 Å². The van der Waals surface area contributed by atoms with Crippen LogP contribution < -0.4 is 5.32 Å². The molecule has 0 aromatic carbocycles. The van der Waals surface area contributed by atoms with Crippen molar-refractivity contribution in [2.24, 2.45) is 11.8 Å². The lowest BCUT2D eigenvalue weighted by molar-refractivity contribution is -0.148. The number of esters is 1. The van der Waals surface area contributed by atoms with Crippen molar-refractivity contribution in [3.05, 3.63) is 0 Å². The van der Waals surface area contributed by atoms with Crippen molar-refractivity contribution in [2.75, 3.05) is 13.2 Å². The minimum atomic E-state index is 0.00407. The smallest absolute Gasteiger partial charge is 0.310 e. The Balaban J connectivity index is 1.92. The maximum atomic E-state index is 11.5. The van der Waals surface area contributed by atoms with E-state index in [0.29, 0.717) is 12.6 Å². The average molecular weight is 183 g/mol. The molecule has 0 radical (unpaired) electrons. The SMILES string of the molecule is CCOC(=O)[C@@H]1CCN[C@H]1C1CC1. The lowest BCUT2D eigenvalue weighted by Gasteiger charge is -2.16. The highest BCUT2D eigenvalue weighted by atomic mass is 16.5. The fourth-order valence-corrected chi connectivity index (χ4v) is 2.19. The second kappa shape index (κ2) is 3.66. The van der Waals surface area contributed by atoms with Gasteiger partial charge in [-0.2, -0.15) is 0 Å². The Kier molecular flexibility index (Phi) is 2.54. The second-order valence-electron chi connectivity index (χ2n) is 3.96. The Bertz CT molecular complexity index is 201. The number of rotatable bonds is 3. The molecule has 13 heavy (non-hydrogen) atoms. The van der Waals surface area contributed by atoms with Crippen LogP contribution in [-0.2, 0) is 9.53 Å². The van der Waals surface area contributed by atoms with Crippen LogP contribution in [0.2, 0.25) is 0 Å². The summed E-state index contributed by atoms with van der Waals surface area (Å²) in [4.78, 5) is 11.5. The molecule has 1 saturated carbocycles. The molecule has 1 N–H and O–H groups in total. The Morgan fingerprint density at radius 1 is 1.46 bits per heavy atom. The largest absolute Gasteiger partial charge is 0.466 e. The fourth-order valence-electron chi connectivity index (χ4n) is 2.19. The summed E-state index contributed by atoms with van der Waals surface area (Å²) in [6, 6.07) is 0.416. The van der Waals surface area contributed by atoms with Gasteiger partial charge in [-0.3, -0.25) is 4.79 Å². The second-order valence-corrected chi connectivity index (χ2v) is 3.96. The maximum absolute atomic E-state index is 11.5. The van der Waals surface area contributed by atoms with E-state index >= 15 is 0 Å². The summed E-state index contributed by atoms with van der Waals surface area (Å²) in [5.41, 5.74) is 0. The van der Waals surface area contributed by atoms with E-state index in [2.05, 4.69) is 5.32 Å². The van der Waals surface area contributed by atoms with E-state index in [1.165, 1.54) is 12.8 Å². The predicted molar refractivity (Wildman–Crippen MR) is 49.3 cm³/mol. The number of hydrogen-bond acceptors (Lipinski definition) is 3. The highest BCUT2D eigenvalue weighted by Gasteiger charge is 2.42. The van der Waals surface area contributed by atoms with E-state index in [9.17, 15) is 4.79 Å². The van der Waals surface area contributed by atoms with Gasteiger partial charge in [-0.15, -0.1) is 0 Å². The van der Waals surface area contributed by atoms with Crippen molar-refractivity contribution in [3.8, 4) is 0 Å². The van der Waals surface area contributed by atoms with E-state index in [0.717, 1.165) is 18.9 Å². The lowest BCUT2D eigenvalue weighted by Crippen LogP contribution is -2.34. The fraction of sp³-hybridized carbons (Fsp3) is 0.900. The summed E-state index contributed by atoms with van der Waals surface area (Å²) in [6.07, 6.45) is 3.53. The quantitative estimate of drug-likeness (QED) is 0.662. The van der Waals surface area contributed by atoms with Crippen molar-refractivity contribution in [1.29, 1.82) is 0 Å². The van der Waals surface area contributed by atoms with Crippen LogP contribution in [0.1, 0.15) is 26.2 Å². The first kappa shape index (κ1) is 9.00. The topological polar surface area (TPSA) is 38.3 Å². The van der Waals surface area contributed by atoms with E-state index in [-0.39, 0.29) is 11.9 Å². The van der Waals surface area contributed by atoms with Crippen LogP contribution >= 0.6 is 0 Å². The van der Waals surface area contributed by atoms with Gasteiger partial charge in [0.25, 0.3) is 0 Å². The molecular weight excluding hydrogens is 166 g/mol. The summed E-state index contributed by atoms with van der Waals surface area (Å²) in [7, 11) is 0. The summed E-state index contributed by atoms with van der Waals surface area (Å²) in [5.74, 6) is 0.883. The molecule has 1 heterocycles. The zero-order valence-corrected chi connectivity index (χ0v) is 8.08. The molecule has 0 unspecified atom stereocenters. The predicted octanol–water partition coefficient (Wildman–Crippen LogP) is 0.938. The molecule has 3 nitrogen and oxygen atoms in total. The maximum Gasteiger partial charge on any atom is 0.310 e. The molecule has 2 aliphatic rings. The van der Waals surface area contributed by atoms with Gasteiger partial charge in [-0.05, 0) is 38.6 Å². The van der Waals surface area contributed by atoms with Crippen LogP contribution in [0.5, 0.6) is 0 Å². The van der Waals surface area contributed by atoms with E-state index in [4.69, 9.17) is 4.74 Å². The number of carbonyl (C=O) groups is 1. The van der Waals surface area contributed by atoms with Gasteiger partial charge in [-0.1, -0.05) is 0 Å². The Hall–Kier alpha value is -0.570. The molecule has 74 valence electrons. The zero-order valence-electron chi connectivity index (χ0n) is 8.08. The third-order valence-corrected chi connectivity index (χ3v) is 2.99. The lowest BCUT2D eigenvalue weighted by atomic mass is 9.97. The van der Waals surface area contributed by atoms with Crippen LogP contribution in [0.25, 0.3) is 0 Å². The number of carbonyl (C=O) groups excluding carboxylic acids is 1. The standard InChI is InChI=1S/C10H17NO2/c1-2-13-10(12)8-5-6-11-9(8)7-3-4-7/h7-9,11H,2-6H2,1H3/t8-,9+/m1/s1. The molecule has 0 spiro atoms. The normalized spacial score (nSPS) is 33.3. The van der Waals surface area contributed by atoms with Gasteiger partial charge in [0.1, 0.15) is 0 Å². The molecule has 3 heteroatoms. The highest BCUT2D eigenvalue weighted by Crippen LogP contribution is 2.39. The zero-order chi connectivity index (χ0) is 9.26. The van der Waals surface area contributed by atoms with Gasteiger partial charge in [0.2, 0.25) is 0 Å². The highest BCUT2D eigenvalue weighted by molar-refractivity contribution is 5.73. The number of nitrogens with one attached hydrogen (secondary N) is 1. The molecule has 0 aromatic heterocycles. The number of hydrogen-bond donors (Lipinski definition) is 1. The van der Waals surface area contributed by atoms with Gasteiger partial charge in [0, 0.05) is 6.04 Å². The van der Waals surface area contributed by atoms with Crippen molar-refractivity contribution >= 4 is 5.97 Å². The van der Waals surface area contributed by atoms with Crippen molar-refractivity contribution in [1.82, 2.24) is 5.32 Å². The van der Waals surface area contributed by atoms with Gasteiger partial charge in [0.05, 0.1) is 12.5 Å². The van der Waals surface area contributed by atoms with Gasteiger partial charge >= 0.3 is 5.97 Å². The molecule has 0 bridgehead atoms.